The summed E-state index contributed by atoms with van der Waals surface area (Å²) >= 11 is 1.73. The number of carbonyl (C=O) groups excluding carboxylic acids is 1. The quantitative estimate of drug-likeness (QED) is 0.763. The van der Waals surface area contributed by atoms with Gasteiger partial charge in [0.25, 0.3) is 0 Å². The maximum atomic E-state index is 11.9. The van der Waals surface area contributed by atoms with Gasteiger partial charge in [-0.25, -0.2) is 0 Å². The number of nitrogens with one attached hydrogen (secondary N) is 2. The predicted octanol–water partition coefficient (Wildman–Crippen LogP) is 1.24. The van der Waals surface area contributed by atoms with Crippen LogP contribution in [0.1, 0.15) is 26.7 Å². The topological polar surface area (TPSA) is 41.1 Å². The van der Waals surface area contributed by atoms with Crippen molar-refractivity contribution in [3.05, 3.63) is 0 Å². The molecular weight excluding hydrogens is 208 g/mol. The Morgan fingerprint density at radius 2 is 2.13 bits per heavy atom. The summed E-state index contributed by atoms with van der Waals surface area (Å²) in [6, 6.07) is 0. The van der Waals surface area contributed by atoms with Gasteiger partial charge in [0.05, 0.1) is 0 Å². The Morgan fingerprint density at radius 3 is 2.67 bits per heavy atom. The molecule has 1 fully saturated rings. The van der Waals surface area contributed by atoms with Crippen molar-refractivity contribution in [1.29, 1.82) is 0 Å². The Labute approximate surface area is 96.8 Å². The average molecular weight is 230 g/mol. The highest BCUT2D eigenvalue weighted by Crippen LogP contribution is 2.18. The molecule has 15 heavy (non-hydrogen) atoms. The van der Waals surface area contributed by atoms with Crippen LogP contribution in [0, 0.1) is 5.92 Å². The third-order valence-corrected chi connectivity index (χ3v) is 3.83. The molecule has 88 valence electrons. The first-order valence-electron chi connectivity index (χ1n) is 5.59. The number of thioether (sulfide) groups is 1. The lowest BCUT2D eigenvalue weighted by atomic mass is 9.90. The minimum Gasteiger partial charge on any atom is -0.351 e. The fraction of sp³-hybridized carbons (Fsp3) is 0.909. The van der Waals surface area contributed by atoms with Crippen molar-refractivity contribution >= 4 is 17.7 Å². The van der Waals surface area contributed by atoms with Crippen LogP contribution in [0.3, 0.4) is 0 Å². The summed E-state index contributed by atoms with van der Waals surface area (Å²) in [6.07, 6.45) is 4.10. The van der Waals surface area contributed by atoms with Crippen molar-refractivity contribution in [2.75, 3.05) is 25.1 Å². The zero-order valence-corrected chi connectivity index (χ0v) is 10.7. The van der Waals surface area contributed by atoms with Gasteiger partial charge in [-0.1, -0.05) is 6.92 Å². The van der Waals surface area contributed by atoms with Gasteiger partial charge in [0.2, 0.25) is 5.91 Å². The van der Waals surface area contributed by atoms with E-state index in [4.69, 9.17) is 0 Å². The monoisotopic (exact) mass is 230 g/mol. The molecule has 4 heteroatoms. The fourth-order valence-corrected chi connectivity index (χ4v) is 2.50. The van der Waals surface area contributed by atoms with Crippen LogP contribution in [0.25, 0.3) is 0 Å². The van der Waals surface area contributed by atoms with Crippen LogP contribution < -0.4 is 10.6 Å². The maximum Gasteiger partial charge on any atom is 0.224 e. The number of rotatable bonds is 4. The van der Waals surface area contributed by atoms with Crippen molar-refractivity contribution in [3.8, 4) is 0 Å². The molecule has 1 aliphatic rings. The highest BCUT2D eigenvalue weighted by molar-refractivity contribution is 7.98. The summed E-state index contributed by atoms with van der Waals surface area (Å²) in [5, 5.41) is 6.50. The van der Waals surface area contributed by atoms with Crippen LogP contribution >= 0.6 is 11.8 Å². The molecule has 2 N–H and O–H groups in total. The molecule has 0 aromatic rings. The third-order valence-electron chi connectivity index (χ3n) is 3.00. The molecule has 0 radical (unpaired) electrons. The Hall–Kier alpha value is -0.220. The minimum absolute atomic E-state index is 0.00893. The summed E-state index contributed by atoms with van der Waals surface area (Å²) in [7, 11) is 0. The highest BCUT2D eigenvalue weighted by atomic mass is 32.2. The van der Waals surface area contributed by atoms with E-state index in [0.29, 0.717) is 0 Å². The lowest BCUT2D eigenvalue weighted by Gasteiger charge is -2.35. The number of amides is 1. The van der Waals surface area contributed by atoms with Crippen LogP contribution in [0.4, 0.5) is 0 Å². The van der Waals surface area contributed by atoms with Gasteiger partial charge in [0.1, 0.15) is 0 Å². The second-order valence-electron chi connectivity index (χ2n) is 4.66. The van der Waals surface area contributed by atoms with Crippen LogP contribution in [-0.4, -0.2) is 36.5 Å². The smallest absolute Gasteiger partial charge is 0.224 e. The molecule has 0 spiro atoms. The Morgan fingerprint density at radius 1 is 1.53 bits per heavy atom. The fourth-order valence-electron chi connectivity index (χ4n) is 1.85. The minimum atomic E-state index is 0.00893. The summed E-state index contributed by atoms with van der Waals surface area (Å²) < 4.78 is 0. The summed E-state index contributed by atoms with van der Waals surface area (Å²) in [4.78, 5) is 11.9. The van der Waals surface area contributed by atoms with E-state index in [-0.39, 0.29) is 17.4 Å². The lowest BCUT2D eigenvalue weighted by molar-refractivity contribution is -0.125. The first-order valence-corrected chi connectivity index (χ1v) is 6.98. The normalized spacial score (nSPS) is 22.1. The predicted molar refractivity (Wildman–Crippen MR) is 66.2 cm³/mol. The van der Waals surface area contributed by atoms with Gasteiger partial charge < -0.3 is 10.6 Å². The van der Waals surface area contributed by atoms with E-state index in [9.17, 15) is 4.79 Å². The van der Waals surface area contributed by atoms with Gasteiger partial charge in [-0.3, -0.25) is 4.79 Å². The van der Waals surface area contributed by atoms with Crippen molar-refractivity contribution in [1.82, 2.24) is 10.6 Å². The van der Waals surface area contributed by atoms with Gasteiger partial charge in [-0.2, -0.15) is 11.8 Å². The molecule has 1 unspecified atom stereocenters. The highest BCUT2D eigenvalue weighted by Gasteiger charge is 2.29. The largest absolute Gasteiger partial charge is 0.351 e. The molecule has 3 nitrogen and oxygen atoms in total. The molecule has 0 aromatic carbocycles. The zero-order chi connectivity index (χ0) is 11.3. The summed E-state index contributed by atoms with van der Waals surface area (Å²) in [6.45, 7) is 6.16. The molecule has 1 amide bonds. The van der Waals surface area contributed by atoms with Crippen LogP contribution in [-0.2, 0) is 4.79 Å². The van der Waals surface area contributed by atoms with Crippen molar-refractivity contribution in [2.24, 2.45) is 5.92 Å². The van der Waals surface area contributed by atoms with Crippen LogP contribution in [0.5, 0.6) is 0 Å². The van der Waals surface area contributed by atoms with Crippen molar-refractivity contribution in [2.45, 2.75) is 32.2 Å². The molecule has 1 atom stereocenters. The summed E-state index contributed by atoms with van der Waals surface area (Å²) in [5.41, 5.74) is 0.00893. The first kappa shape index (κ1) is 12.8. The van der Waals surface area contributed by atoms with E-state index in [1.165, 1.54) is 0 Å². The van der Waals surface area contributed by atoms with E-state index >= 15 is 0 Å². The first-order chi connectivity index (χ1) is 7.07. The van der Waals surface area contributed by atoms with Crippen LogP contribution in [0.15, 0.2) is 0 Å². The molecular formula is C11H22N2OS. The molecule has 1 saturated heterocycles. The van der Waals surface area contributed by atoms with Gasteiger partial charge in [-0.15, -0.1) is 0 Å². The van der Waals surface area contributed by atoms with E-state index in [1.807, 2.05) is 13.2 Å². The van der Waals surface area contributed by atoms with E-state index in [1.54, 1.807) is 11.8 Å². The third kappa shape index (κ3) is 4.03. The SMILES string of the molecule is CSCC(C)C(=O)NC1(C)CCNCC1. The maximum absolute atomic E-state index is 11.9. The second-order valence-corrected chi connectivity index (χ2v) is 5.57. The van der Waals surface area contributed by atoms with Crippen molar-refractivity contribution in [3.63, 3.8) is 0 Å². The number of piperidine rings is 1. The molecule has 0 aromatic heterocycles. The molecule has 0 aliphatic carbocycles. The Kier molecular flexibility index (Phi) is 4.93. The molecule has 0 bridgehead atoms. The molecule has 1 aliphatic heterocycles. The van der Waals surface area contributed by atoms with Gasteiger partial charge in [0.15, 0.2) is 0 Å². The molecule has 1 heterocycles. The average Bonchev–Trinajstić information content (AvgIpc) is 2.18. The van der Waals surface area contributed by atoms with E-state index in [0.717, 1.165) is 31.7 Å². The van der Waals surface area contributed by atoms with Crippen molar-refractivity contribution < 1.29 is 4.79 Å². The summed E-state index contributed by atoms with van der Waals surface area (Å²) in [5.74, 6) is 1.22. The number of hydrogen-bond donors (Lipinski definition) is 2. The number of carbonyl (C=O) groups is 1. The van der Waals surface area contributed by atoms with Gasteiger partial charge in [0, 0.05) is 17.2 Å². The molecule has 0 saturated carbocycles. The Bertz CT molecular complexity index is 215. The van der Waals surface area contributed by atoms with Gasteiger partial charge in [-0.05, 0) is 39.1 Å². The Balaban J connectivity index is 2.41. The van der Waals surface area contributed by atoms with Gasteiger partial charge >= 0.3 is 0 Å². The molecule has 1 rings (SSSR count). The van der Waals surface area contributed by atoms with E-state index in [2.05, 4.69) is 17.6 Å². The second kappa shape index (κ2) is 5.75. The lowest BCUT2D eigenvalue weighted by Crippen LogP contribution is -2.53. The van der Waals surface area contributed by atoms with E-state index < -0.39 is 0 Å². The number of hydrogen-bond acceptors (Lipinski definition) is 3. The zero-order valence-electron chi connectivity index (χ0n) is 9.93. The standard InChI is InChI=1S/C11H22N2OS/c1-9(8-15-3)10(14)13-11(2)4-6-12-7-5-11/h9,12H,4-8H2,1-3H3,(H,13,14). The van der Waals surface area contributed by atoms with Crippen LogP contribution in [0.2, 0.25) is 0 Å².